The number of carbonyl (C=O) groups excluding carboxylic acids is 1. The fraction of sp³-hybridized carbons (Fsp3) is 0.538. The average molecular weight is 284 g/mol. The van der Waals surface area contributed by atoms with Gasteiger partial charge in [-0.25, -0.2) is 9.78 Å². The number of pyridine rings is 1. The quantitative estimate of drug-likeness (QED) is 0.848. The monoisotopic (exact) mass is 283 g/mol. The molecule has 2 heterocycles. The van der Waals surface area contributed by atoms with E-state index in [2.05, 4.69) is 10.3 Å². The SMILES string of the molecule is CC(C)(C)OC(=O)N1CC(Nc2cccnc2Cl)C1. The molecule has 1 N–H and O–H groups in total. The van der Waals surface area contributed by atoms with Crippen LogP contribution in [0.25, 0.3) is 0 Å². The second-order valence-corrected chi connectivity index (χ2v) is 5.93. The standard InChI is InChI=1S/C13H18ClN3O2/c1-13(2,3)19-12(18)17-7-9(8-17)16-10-5-4-6-15-11(10)14/h4-6,9,16H,7-8H2,1-3H3. The van der Waals surface area contributed by atoms with E-state index in [1.165, 1.54) is 0 Å². The predicted octanol–water partition coefficient (Wildman–Crippen LogP) is 2.77. The van der Waals surface area contributed by atoms with Crippen LogP contribution in [0.5, 0.6) is 0 Å². The Morgan fingerprint density at radius 3 is 2.79 bits per heavy atom. The van der Waals surface area contributed by atoms with Gasteiger partial charge in [0.15, 0.2) is 5.15 Å². The Bertz CT molecular complexity index is 467. The fourth-order valence-corrected chi connectivity index (χ4v) is 1.93. The van der Waals surface area contributed by atoms with Crippen molar-refractivity contribution in [1.29, 1.82) is 0 Å². The summed E-state index contributed by atoms with van der Waals surface area (Å²) in [6, 6.07) is 3.87. The third-order valence-corrected chi connectivity index (χ3v) is 2.95. The van der Waals surface area contributed by atoms with Crippen LogP contribution in [0.2, 0.25) is 5.15 Å². The molecule has 0 aliphatic carbocycles. The number of rotatable bonds is 2. The third kappa shape index (κ3) is 3.73. The molecule has 1 aliphatic rings. The minimum atomic E-state index is -0.456. The maximum atomic E-state index is 11.7. The Labute approximate surface area is 117 Å². The van der Waals surface area contributed by atoms with E-state index in [0.29, 0.717) is 18.2 Å². The van der Waals surface area contributed by atoms with Crippen molar-refractivity contribution in [2.24, 2.45) is 0 Å². The van der Waals surface area contributed by atoms with Gasteiger partial charge in [-0.3, -0.25) is 0 Å². The molecule has 0 radical (unpaired) electrons. The van der Waals surface area contributed by atoms with Gasteiger partial charge >= 0.3 is 6.09 Å². The molecule has 1 aromatic rings. The van der Waals surface area contributed by atoms with Gasteiger partial charge in [-0.05, 0) is 32.9 Å². The number of halogens is 1. The van der Waals surface area contributed by atoms with Gasteiger partial charge in [-0.1, -0.05) is 11.6 Å². The lowest BCUT2D eigenvalue weighted by Gasteiger charge is -2.40. The van der Waals surface area contributed by atoms with Gasteiger partial charge in [0.05, 0.1) is 11.7 Å². The van der Waals surface area contributed by atoms with Crippen molar-refractivity contribution in [2.45, 2.75) is 32.4 Å². The van der Waals surface area contributed by atoms with Crippen LogP contribution in [0.3, 0.4) is 0 Å². The summed E-state index contributed by atoms with van der Waals surface area (Å²) in [6.45, 7) is 6.79. The van der Waals surface area contributed by atoms with Crippen LogP contribution >= 0.6 is 11.6 Å². The highest BCUT2D eigenvalue weighted by Crippen LogP contribution is 2.22. The number of hydrogen-bond acceptors (Lipinski definition) is 4. The minimum Gasteiger partial charge on any atom is -0.444 e. The lowest BCUT2D eigenvalue weighted by Crippen LogP contribution is -2.57. The van der Waals surface area contributed by atoms with E-state index in [0.717, 1.165) is 5.69 Å². The summed E-state index contributed by atoms with van der Waals surface area (Å²) >= 11 is 5.96. The van der Waals surface area contributed by atoms with E-state index in [1.54, 1.807) is 11.1 Å². The predicted molar refractivity (Wildman–Crippen MR) is 74.5 cm³/mol. The van der Waals surface area contributed by atoms with Crippen LogP contribution in [-0.2, 0) is 4.74 Å². The maximum Gasteiger partial charge on any atom is 0.410 e. The lowest BCUT2D eigenvalue weighted by molar-refractivity contribution is 0.0105. The highest BCUT2D eigenvalue weighted by atomic mass is 35.5. The largest absolute Gasteiger partial charge is 0.444 e. The molecule has 104 valence electrons. The Hall–Kier alpha value is -1.49. The molecule has 0 spiro atoms. The van der Waals surface area contributed by atoms with Gasteiger partial charge in [0.25, 0.3) is 0 Å². The van der Waals surface area contributed by atoms with Gasteiger partial charge in [-0.2, -0.15) is 0 Å². The molecule has 19 heavy (non-hydrogen) atoms. The molecular weight excluding hydrogens is 266 g/mol. The highest BCUT2D eigenvalue weighted by molar-refractivity contribution is 6.31. The summed E-state index contributed by atoms with van der Waals surface area (Å²) in [7, 11) is 0. The first kappa shape index (κ1) is 13.9. The molecule has 0 unspecified atom stereocenters. The van der Waals surface area contributed by atoms with Gasteiger partial charge in [0.1, 0.15) is 5.60 Å². The van der Waals surface area contributed by atoms with Crippen LogP contribution < -0.4 is 5.32 Å². The zero-order valence-corrected chi connectivity index (χ0v) is 12.1. The van der Waals surface area contributed by atoms with Gasteiger partial charge in [-0.15, -0.1) is 0 Å². The summed E-state index contributed by atoms with van der Waals surface area (Å²) in [4.78, 5) is 17.4. The van der Waals surface area contributed by atoms with Crippen molar-refractivity contribution in [1.82, 2.24) is 9.88 Å². The Kier molecular flexibility index (Phi) is 3.85. The van der Waals surface area contributed by atoms with Crippen LogP contribution in [-0.4, -0.2) is 40.7 Å². The molecule has 2 rings (SSSR count). The number of amides is 1. The summed E-state index contributed by atoms with van der Waals surface area (Å²) < 4.78 is 5.28. The Morgan fingerprint density at radius 1 is 1.53 bits per heavy atom. The summed E-state index contributed by atoms with van der Waals surface area (Å²) in [5.74, 6) is 0. The molecule has 0 saturated carbocycles. The number of carbonyl (C=O) groups is 1. The maximum absolute atomic E-state index is 11.7. The number of anilines is 1. The first-order chi connectivity index (χ1) is 8.85. The summed E-state index contributed by atoms with van der Waals surface area (Å²) in [5.41, 5.74) is 0.334. The van der Waals surface area contributed by atoms with Crippen molar-refractivity contribution < 1.29 is 9.53 Å². The molecule has 1 amide bonds. The van der Waals surface area contributed by atoms with E-state index in [9.17, 15) is 4.79 Å². The van der Waals surface area contributed by atoms with E-state index < -0.39 is 5.60 Å². The second kappa shape index (κ2) is 5.25. The zero-order valence-electron chi connectivity index (χ0n) is 11.3. The molecule has 1 saturated heterocycles. The van der Waals surface area contributed by atoms with Crippen LogP contribution in [0.15, 0.2) is 18.3 Å². The summed E-state index contributed by atoms with van der Waals surface area (Å²) in [5, 5.41) is 3.69. The van der Waals surface area contributed by atoms with Crippen molar-refractivity contribution in [3.8, 4) is 0 Å². The van der Waals surface area contributed by atoms with Crippen molar-refractivity contribution >= 4 is 23.4 Å². The summed E-state index contributed by atoms with van der Waals surface area (Å²) in [6.07, 6.45) is 1.37. The number of hydrogen-bond donors (Lipinski definition) is 1. The van der Waals surface area contributed by atoms with Crippen molar-refractivity contribution in [3.63, 3.8) is 0 Å². The van der Waals surface area contributed by atoms with Crippen LogP contribution in [0.1, 0.15) is 20.8 Å². The van der Waals surface area contributed by atoms with Gasteiger partial charge < -0.3 is 15.0 Å². The zero-order chi connectivity index (χ0) is 14.0. The first-order valence-electron chi connectivity index (χ1n) is 6.20. The smallest absolute Gasteiger partial charge is 0.410 e. The minimum absolute atomic E-state index is 0.189. The third-order valence-electron chi connectivity index (χ3n) is 2.65. The molecule has 1 aliphatic heterocycles. The first-order valence-corrected chi connectivity index (χ1v) is 6.58. The van der Waals surface area contributed by atoms with E-state index in [1.807, 2.05) is 32.9 Å². The fourth-order valence-electron chi connectivity index (χ4n) is 1.76. The van der Waals surface area contributed by atoms with Crippen LogP contribution in [0.4, 0.5) is 10.5 Å². The molecule has 0 aromatic carbocycles. The van der Waals surface area contributed by atoms with Gasteiger partial charge in [0.2, 0.25) is 0 Å². The van der Waals surface area contributed by atoms with E-state index in [-0.39, 0.29) is 12.1 Å². The van der Waals surface area contributed by atoms with Crippen molar-refractivity contribution in [2.75, 3.05) is 18.4 Å². The molecular formula is C13H18ClN3O2. The lowest BCUT2D eigenvalue weighted by atomic mass is 10.1. The van der Waals surface area contributed by atoms with Gasteiger partial charge in [0, 0.05) is 19.3 Å². The van der Waals surface area contributed by atoms with E-state index >= 15 is 0 Å². The number of ether oxygens (including phenoxy) is 1. The topological polar surface area (TPSA) is 54.5 Å². The number of nitrogens with one attached hydrogen (secondary N) is 1. The molecule has 1 fully saturated rings. The molecule has 1 aromatic heterocycles. The van der Waals surface area contributed by atoms with Crippen molar-refractivity contribution in [3.05, 3.63) is 23.5 Å². The second-order valence-electron chi connectivity index (χ2n) is 5.57. The molecule has 5 nitrogen and oxygen atoms in total. The average Bonchev–Trinajstić information content (AvgIpc) is 2.22. The molecule has 6 heteroatoms. The van der Waals surface area contributed by atoms with Crippen LogP contribution in [0, 0.1) is 0 Å². The number of nitrogens with zero attached hydrogens (tertiary/aromatic N) is 2. The highest BCUT2D eigenvalue weighted by Gasteiger charge is 2.33. The Balaban J connectivity index is 1.81. The normalized spacial score (nSPS) is 15.9. The Morgan fingerprint density at radius 2 is 2.21 bits per heavy atom. The number of aromatic nitrogens is 1. The van der Waals surface area contributed by atoms with E-state index in [4.69, 9.17) is 16.3 Å². The number of likely N-dealkylation sites (tertiary alicyclic amines) is 1. The molecule has 0 atom stereocenters. The molecule has 0 bridgehead atoms.